The van der Waals surface area contributed by atoms with Crippen molar-refractivity contribution in [2.24, 2.45) is 0 Å². The van der Waals surface area contributed by atoms with Crippen molar-refractivity contribution >= 4 is 29.9 Å². The monoisotopic (exact) mass is 374 g/mol. The highest BCUT2D eigenvalue weighted by Gasteiger charge is 2.28. The highest BCUT2D eigenvalue weighted by molar-refractivity contribution is 7.19. The average Bonchev–Trinajstić information content (AvgIpc) is 2.91. The van der Waals surface area contributed by atoms with Crippen molar-refractivity contribution in [1.82, 2.24) is 4.90 Å². The third kappa shape index (κ3) is 4.87. The lowest BCUT2D eigenvalue weighted by atomic mass is 9.90. The molecule has 25 heavy (non-hydrogen) atoms. The van der Waals surface area contributed by atoms with Crippen molar-refractivity contribution in [1.29, 1.82) is 0 Å². The maximum Gasteiger partial charge on any atom is 0.0436 e. The summed E-state index contributed by atoms with van der Waals surface area (Å²) >= 11 is 0. The van der Waals surface area contributed by atoms with Crippen LogP contribution < -0.4 is 5.32 Å². The van der Waals surface area contributed by atoms with Crippen LogP contribution in [0, 0.1) is 0 Å². The number of nitrogens with one attached hydrogen (secondary N) is 1. The van der Waals surface area contributed by atoms with Gasteiger partial charge in [0.2, 0.25) is 0 Å². The minimum absolute atomic E-state index is 0.394. The number of fused-ring (bicyclic) bond motifs is 1. The molecule has 1 heterocycles. The number of hydrogen-bond donors (Lipinski definition) is 1. The number of rotatable bonds is 6. The lowest BCUT2D eigenvalue weighted by Gasteiger charge is -2.33. The zero-order chi connectivity index (χ0) is 17.7. The molecule has 136 valence electrons. The second-order valence-electron chi connectivity index (χ2n) is 7.47. The second kappa shape index (κ2) is 8.70. The van der Waals surface area contributed by atoms with Crippen molar-refractivity contribution < 1.29 is 0 Å². The van der Waals surface area contributed by atoms with Gasteiger partial charge in [0.15, 0.2) is 0 Å². The number of benzene rings is 1. The highest BCUT2D eigenvalue weighted by Crippen LogP contribution is 2.39. The summed E-state index contributed by atoms with van der Waals surface area (Å²) in [5.41, 5.74) is 5.17. The van der Waals surface area contributed by atoms with Crippen molar-refractivity contribution in [3.63, 3.8) is 0 Å². The quantitative estimate of drug-likeness (QED) is 0.538. The molecule has 1 aliphatic carbocycles. The Morgan fingerprint density at radius 1 is 1.20 bits per heavy atom. The van der Waals surface area contributed by atoms with E-state index in [0.717, 1.165) is 25.8 Å². The molecule has 2 nitrogen and oxygen atoms in total. The van der Waals surface area contributed by atoms with Gasteiger partial charge in [-0.3, -0.25) is 0 Å². The predicted molar refractivity (Wildman–Crippen MR) is 118 cm³/mol. The van der Waals surface area contributed by atoms with Crippen LogP contribution in [-0.4, -0.2) is 29.3 Å². The maximum absolute atomic E-state index is 4.37. The smallest absolute Gasteiger partial charge is 0.0436 e. The van der Waals surface area contributed by atoms with Gasteiger partial charge in [0.05, 0.1) is 0 Å². The topological polar surface area (TPSA) is 15.3 Å². The summed E-state index contributed by atoms with van der Waals surface area (Å²) in [6, 6.07) is 6.73. The van der Waals surface area contributed by atoms with Gasteiger partial charge in [-0.15, -0.1) is 18.5 Å². The Balaban J connectivity index is 1.60. The number of nitrogens with zero attached hydrogens (tertiary/aromatic N) is 1. The highest BCUT2D eigenvalue weighted by atomic mass is 31.0. The molecule has 1 aliphatic heterocycles. The molecule has 2 aliphatic rings. The average molecular weight is 374 g/mol. The summed E-state index contributed by atoms with van der Waals surface area (Å²) in [4.78, 5) is 2.48. The number of allylic oxidation sites excluding steroid dienone is 2. The van der Waals surface area contributed by atoms with Gasteiger partial charge in [-0.1, -0.05) is 24.8 Å². The Morgan fingerprint density at radius 3 is 2.88 bits per heavy atom. The SMILES string of the molecule is C=C1c2ccc(NCCP)cc2CN1CCC1(P)CC/C=C\CCC1. The number of anilines is 1. The van der Waals surface area contributed by atoms with Crippen LogP contribution in [0.2, 0.25) is 0 Å². The molecule has 3 atom stereocenters. The molecular formula is C21H32N2P2. The van der Waals surface area contributed by atoms with Gasteiger partial charge in [-0.2, -0.15) is 0 Å². The molecule has 0 saturated carbocycles. The molecule has 0 bridgehead atoms. The van der Waals surface area contributed by atoms with Gasteiger partial charge in [-0.25, -0.2) is 0 Å². The van der Waals surface area contributed by atoms with E-state index in [2.05, 4.69) is 65.6 Å². The minimum atomic E-state index is 0.394. The third-order valence-electron chi connectivity index (χ3n) is 5.53. The first kappa shape index (κ1) is 18.9. The molecule has 1 aromatic rings. The first-order chi connectivity index (χ1) is 12.1. The molecule has 1 N–H and O–H groups in total. The molecule has 3 rings (SSSR count). The normalized spacial score (nSPS) is 24.6. The van der Waals surface area contributed by atoms with Crippen molar-refractivity contribution in [2.45, 2.75) is 50.2 Å². The minimum Gasteiger partial charge on any atom is -0.385 e. The van der Waals surface area contributed by atoms with Crippen LogP contribution in [0.4, 0.5) is 5.69 Å². The van der Waals surface area contributed by atoms with Gasteiger partial charge in [0, 0.05) is 36.6 Å². The molecule has 0 aromatic heterocycles. The van der Waals surface area contributed by atoms with Gasteiger partial charge >= 0.3 is 0 Å². The van der Waals surface area contributed by atoms with E-state index in [1.54, 1.807) is 0 Å². The van der Waals surface area contributed by atoms with Gasteiger partial charge in [0.25, 0.3) is 0 Å². The van der Waals surface area contributed by atoms with E-state index in [1.807, 2.05) is 0 Å². The molecule has 0 amide bonds. The lowest BCUT2D eigenvalue weighted by molar-refractivity contribution is 0.348. The molecule has 0 saturated heterocycles. The molecule has 0 radical (unpaired) electrons. The predicted octanol–water partition coefficient (Wildman–Crippen LogP) is 5.28. The van der Waals surface area contributed by atoms with Crippen LogP contribution in [0.15, 0.2) is 36.9 Å². The van der Waals surface area contributed by atoms with Crippen molar-refractivity contribution in [3.8, 4) is 0 Å². The Hall–Kier alpha value is -0.840. The first-order valence-electron chi connectivity index (χ1n) is 9.56. The van der Waals surface area contributed by atoms with E-state index in [-0.39, 0.29) is 0 Å². The van der Waals surface area contributed by atoms with Gasteiger partial charge in [0.1, 0.15) is 0 Å². The summed E-state index contributed by atoms with van der Waals surface area (Å²) < 4.78 is 0. The van der Waals surface area contributed by atoms with Crippen LogP contribution >= 0.6 is 18.5 Å². The standard InChI is InChI=1S/C21H32N2P2/c1-17-20-8-7-19(22-12-14-24)15-18(20)16-23(17)13-11-21(25)9-5-3-2-4-6-10-21/h2-3,7-8,15,22H,1,4-6,9-14,16,24-25H2/b3-2-. The zero-order valence-corrected chi connectivity index (χ0v) is 17.6. The Morgan fingerprint density at radius 2 is 2.04 bits per heavy atom. The summed E-state index contributed by atoms with van der Waals surface area (Å²) in [5, 5.41) is 3.87. The van der Waals surface area contributed by atoms with E-state index in [0.29, 0.717) is 5.16 Å². The fraction of sp³-hybridized carbons (Fsp3) is 0.524. The van der Waals surface area contributed by atoms with Crippen molar-refractivity contribution in [2.75, 3.05) is 24.6 Å². The molecule has 0 fully saturated rings. The second-order valence-corrected chi connectivity index (χ2v) is 9.27. The van der Waals surface area contributed by atoms with Gasteiger partial charge in [-0.05, 0) is 67.5 Å². The van der Waals surface area contributed by atoms with E-state index < -0.39 is 0 Å². The molecule has 4 heteroatoms. The molecule has 0 spiro atoms. The summed E-state index contributed by atoms with van der Waals surface area (Å²) in [6.07, 6.45) is 13.4. The number of hydrogen-bond acceptors (Lipinski definition) is 2. The van der Waals surface area contributed by atoms with E-state index in [1.165, 1.54) is 61.0 Å². The molecular weight excluding hydrogens is 342 g/mol. The molecule has 1 aromatic carbocycles. The van der Waals surface area contributed by atoms with Crippen LogP contribution in [0.1, 0.15) is 49.7 Å². The van der Waals surface area contributed by atoms with Crippen molar-refractivity contribution in [3.05, 3.63) is 48.1 Å². The Labute approximate surface area is 157 Å². The maximum atomic E-state index is 4.37. The summed E-state index contributed by atoms with van der Waals surface area (Å²) in [7, 11) is 5.96. The lowest BCUT2D eigenvalue weighted by Crippen LogP contribution is -2.28. The summed E-state index contributed by atoms with van der Waals surface area (Å²) in [6.45, 7) is 7.48. The zero-order valence-electron chi connectivity index (χ0n) is 15.3. The van der Waals surface area contributed by atoms with Gasteiger partial charge < -0.3 is 10.2 Å². The van der Waals surface area contributed by atoms with E-state index in [9.17, 15) is 0 Å². The first-order valence-corrected chi connectivity index (χ1v) is 11.0. The van der Waals surface area contributed by atoms with Crippen LogP contribution in [-0.2, 0) is 6.54 Å². The van der Waals surface area contributed by atoms with Crippen LogP contribution in [0.5, 0.6) is 0 Å². The van der Waals surface area contributed by atoms with Crippen LogP contribution in [0.3, 0.4) is 0 Å². The van der Waals surface area contributed by atoms with Crippen LogP contribution in [0.25, 0.3) is 5.70 Å². The Bertz CT molecular complexity index is 641. The fourth-order valence-corrected chi connectivity index (χ4v) is 4.57. The van der Waals surface area contributed by atoms with E-state index >= 15 is 0 Å². The molecule has 3 unspecified atom stereocenters. The van der Waals surface area contributed by atoms with E-state index in [4.69, 9.17) is 0 Å². The largest absolute Gasteiger partial charge is 0.385 e. The Kier molecular flexibility index (Phi) is 6.59. The fourth-order valence-electron chi connectivity index (χ4n) is 3.93. The summed E-state index contributed by atoms with van der Waals surface area (Å²) in [5.74, 6) is 0. The third-order valence-corrected chi connectivity index (χ3v) is 6.69.